The lowest BCUT2D eigenvalue weighted by molar-refractivity contribution is -0.384. The van der Waals surface area contributed by atoms with Crippen LogP contribution in [0.3, 0.4) is 0 Å². The molecule has 2 aromatic carbocycles. The van der Waals surface area contributed by atoms with Crippen molar-refractivity contribution >= 4 is 23.2 Å². The molecule has 2 aromatic rings. The Hall–Kier alpha value is -3.42. The van der Waals surface area contributed by atoms with Crippen LogP contribution in [-0.4, -0.2) is 59.3 Å². The molecular formula is C23H26N4O4. The third kappa shape index (κ3) is 4.52. The van der Waals surface area contributed by atoms with Gasteiger partial charge in [-0.05, 0) is 18.6 Å². The van der Waals surface area contributed by atoms with Gasteiger partial charge in [-0.1, -0.05) is 42.0 Å². The maximum Gasteiger partial charge on any atom is 0.292 e. The van der Waals surface area contributed by atoms with Crippen LogP contribution in [-0.2, 0) is 16.1 Å². The number of aryl methyl sites for hydroxylation is 1. The van der Waals surface area contributed by atoms with E-state index in [2.05, 4.69) is 0 Å². The fraction of sp³-hybridized carbons (Fsp3) is 0.391. The van der Waals surface area contributed by atoms with Gasteiger partial charge in [0.15, 0.2) is 0 Å². The van der Waals surface area contributed by atoms with Crippen molar-refractivity contribution in [3.8, 4) is 0 Å². The molecule has 0 saturated carbocycles. The summed E-state index contributed by atoms with van der Waals surface area (Å²) in [5.74, 6) is -0.310. The quantitative estimate of drug-likeness (QED) is 0.546. The van der Waals surface area contributed by atoms with Crippen molar-refractivity contribution in [2.45, 2.75) is 19.9 Å². The molecule has 1 atom stereocenters. The fourth-order valence-electron chi connectivity index (χ4n) is 4.32. The molecule has 0 unspecified atom stereocenters. The first kappa shape index (κ1) is 20.8. The summed E-state index contributed by atoms with van der Waals surface area (Å²) in [7, 11) is 0. The predicted octanol–water partition coefficient (Wildman–Crippen LogP) is 2.60. The lowest BCUT2D eigenvalue weighted by Gasteiger charge is -2.36. The van der Waals surface area contributed by atoms with E-state index in [1.807, 2.05) is 36.1 Å². The largest absolute Gasteiger partial charge is 0.362 e. The molecule has 31 heavy (non-hydrogen) atoms. The van der Waals surface area contributed by atoms with Gasteiger partial charge in [0.2, 0.25) is 11.8 Å². The molecule has 2 fully saturated rings. The maximum absolute atomic E-state index is 13.0. The number of benzene rings is 2. The van der Waals surface area contributed by atoms with Gasteiger partial charge in [-0.15, -0.1) is 0 Å². The van der Waals surface area contributed by atoms with Crippen molar-refractivity contribution in [2.24, 2.45) is 5.92 Å². The predicted molar refractivity (Wildman–Crippen MR) is 117 cm³/mol. The Morgan fingerprint density at radius 3 is 2.42 bits per heavy atom. The number of anilines is 1. The third-order valence-electron chi connectivity index (χ3n) is 6.07. The lowest BCUT2D eigenvalue weighted by Crippen LogP contribution is -2.50. The van der Waals surface area contributed by atoms with E-state index in [9.17, 15) is 19.7 Å². The highest BCUT2D eigenvalue weighted by Gasteiger charge is 2.37. The number of rotatable bonds is 5. The molecule has 2 saturated heterocycles. The van der Waals surface area contributed by atoms with Gasteiger partial charge in [0.1, 0.15) is 5.69 Å². The number of hydrogen-bond acceptors (Lipinski definition) is 5. The normalized spacial score (nSPS) is 19.1. The summed E-state index contributed by atoms with van der Waals surface area (Å²) >= 11 is 0. The molecule has 0 spiro atoms. The molecule has 0 N–H and O–H groups in total. The summed E-state index contributed by atoms with van der Waals surface area (Å²) in [6.45, 7) is 5.04. The minimum absolute atomic E-state index is 0.00182. The molecule has 0 radical (unpaired) electrons. The summed E-state index contributed by atoms with van der Waals surface area (Å²) in [4.78, 5) is 41.9. The Balaban J connectivity index is 1.34. The number of likely N-dealkylation sites (tertiary alicyclic amines) is 1. The highest BCUT2D eigenvalue weighted by Crippen LogP contribution is 2.29. The van der Waals surface area contributed by atoms with Gasteiger partial charge in [-0.2, -0.15) is 0 Å². The zero-order valence-corrected chi connectivity index (χ0v) is 17.6. The number of nitrogens with zero attached hydrogens (tertiary/aromatic N) is 4. The Bertz CT molecular complexity index is 983. The SMILES string of the molecule is Cc1ccc(CN2C[C@@H](C(=O)N3CCN(c4ccccc4[N+](=O)[O-])CC3)CC2=O)cc1. The molecule has 2 amide bonds. The van der Waals surface area contributed by atoms with Crippen LogP contribution in [0.5, 0.6) is 0 Å². The van der Waals surface area contributed by atoms with Crippen molar-refractivity contribution < 1.29 is 14.5 Å². The van der Waals surface area contributed by atoms with E-state index < -0.39 is 0 Å². The highest BCUT2D eigenvalue weighted by atomic mass is 16.6. The number of nitro benzene ring substituents is 1. The summed E-state index contributed by atoms with van der Waals surface area (Å²) in [6.07, 6.45) is 0.245. The second kappa shape index (κ2) is 8.75. The van der Waals surface area contributed by atoms with Gasteiger partial charge in [-0.3, -0.25) is 19.7 Å². The van der Waals surface area contributed by atoms with Gasteiger partial charge < -0.3 is 14.7 Å². The Labute approximate surface area is 181 Å². The van der Waals surface area contributed by atoms with E-state index >= 15 is 0 Å². The van der Waals surface area contributed by atoms with Crippen LogP contribution in [0, 0.1) is 23.0 Å². The van der Waals surface area contributed by atoms with Gasteiger partial charge in [0.05, 0.1) is 10.8 Å². The number of carbonyl (C=O) groups excluding carboxylic acids is 2. The average Bonchev–Trinajstić information content (AvgIpc) is 3.15. The number of nitro groups is 1. The Morgan fingerprint density at radius 2 is 1.74 bits per heavy atom. The smallest absolute Gasteiger partial charge is 0.292 e. The standard InChI is InChI=1S/C23H26N4O4/c1-17-6-8-18(9-7-17)15-26-16-19(14-22(26)28)23(29)25-12-10-24(11-13-25)20-4-2-3-5-21(20)27(30)31/h2-9,19H,10-16H2,1H3/t19-/m0/s1. The van der Waals surface area contributed by atoms with Crippen LogP contribution in [0.15, 0.2) is 48.5 Å². The monoisotopic (exact) mass is 422 g/mol. The average molecular weight is 422 g/mol. The van der Waals surface area contributed by atoms with E-state index in [0.717, 1.165) is 5.56 Å². The van der Waals surface area contributed by atoms with Crippen molar-refractivity contribution in [1.82, 2.24) is 9.80 Å². The van der Waals surface area contributed by atoms with Gasteiger partial charge in [0, 0.05) is 51.8 Å². The first-order chi connectivity index (χ1) is 14.9. The number of para-hydroxylation sites is 2. The topological polar surface area (TPSA) is 87.0 Å². The minimum atomic E-state index is -0.375. The Kier molecular flexibility index (Phi) is 5.88. The molecular weight excluding hydrogens is 396 g/mol. The van der Waals surface area contributed by atoms with Crippen LogP contribution in [0.4, 0.5) is 11.4 Å². The van der Waals surface area contributed by atoms with Crippen LogP contribution in [0.25, 0.3) is 0 Å². The van der Waals surface area contributed by atoms with Gasteiger partial charge in [-0.25, -0.2) is 0 Å². The van der Waals surface area contributed by atoms with Crippen LogP contribution >= 0.6 is 0 Å². The molecule has 0 aliphatic carbocycles. The van der Waals surface area contributed by atoms with E-state index in [-0.39, 0.29) is 34.8 Å². The molecule has 0 aromatic heterocycles. The zero-order chi connectivity index (χ0) is 22.0. The molecule has 162 valence electrons. The molecule has 2 heterocycles. The molecule has 2 aliphatic heterocycles. The second-order valence-electron chi connectivity index (χ2n) is 8.22. The third-order valence-corrected chi connectivity index (χ3v) is 6.07. The van der Waals surface area contributed by atoms with Crippen LogP contribution < -0.4 is 4.90 Å². The maximum atomic E-state index is 13.0. The summed E-state index contributed by atoms with van der Waals surface area (Å²) in [5, 5.41) is 11.3. The van der Waals surface area contributed by atoms with Crippen LogP contribution in [0.1, 0.15) is 17.5 Å². The first-order valence-corrected chi connectivity index (χ1v) is 10.5. The number of carbonyl (C=O) groups is 2. The summed E-state index contributed by atoms with van der Waals surface area (Å²) < 4.78 is 0. The first-order valence-electron chi connectivity index (χ1n) is 10.5. The van der Waals surface area contributed by atoms with Gasteiger partial charge >= 0.3 is 0 Å². The van der Waals surface area contributed by atoms with Crippen LogP contribution in [0.2, 0.25) is 0 Å². The number of hydrogen-bond donors (Lipinski definition) is 0. The zero-order valence-electron chi connectivity index (χ0n) is 17.6. The second-order valence-corrected chi connectivity index (χ2v) is 8.22. The van der Waals surface area contributed by atoms with Crippen molar-refractivity contribution in [3.63, 3.8) is 0 Å². The number of amides is 2. The van der Waals surface area contributed by atoms with Crippen molar-refractivity contribution in [2.75, 3.05) is 37.6 Å². The molecule has 2 aliphatic rings. The Morgan fingerprint density at radius 1 is 1.06 bits per heavy atom. The lowest BCUT2D eigenvalue weighted by atomic mass is 10.1. The molecule has 8 heteroatoms. The molecule has 0 bridgehead atoms. The van der Waals surface area contributed by atoms with E-state index in [1.165, 1.54) is 11.6 Å². The minimum Gasteiger partial charge on any atom is -0.362 e. The van der Waals surface area contributed by atoms with E-state index in [0.29, 0.717) is 45.0 Å². The molecule has 8 nitrogen and oxygen atoms in total. The fourth-order valence-corrected chi connectivity index (χ4v) is 4.32. The number of piperazine rings is 1. The van der Waals surface area contributed by atoms with Crippen molar-refractivity contribution in [3.05, 3.63) is 69.8 Å². The van der Waals surface area contributed by atoms with E-state index in [4.69, 9.17) is 0 Å². The highest BCUT2D eigenvalue weighted by molar-refractivity contribution is 5.89. The summed E-state index contributed by atoms with van der Waals surface area (Å²) in [5.41, 5.74) is 2.89. The molecule has 4 rings (SSSR count). The van der Waals surface area contributed by atoms with Crippen molar-refractivity contribution in [1.29, 1.82) is 0 Å². The summed E-state index contributed by atoms with van der Waals surface area (Å²) in [6, 6.07) is 14.8. The van der Waals surface area contributed by atoms with Gasteiger partial charge in [0.25, 0.3) is 5.69 Å². The van der Waals surface area contributed by atoms with E-state index in [1.54, 1.807) is 28.0 Å².